The molecule has 76 valence electrons. The van der Waals surface area contributed by atoms with Crippen LogP contribution in [0.25, 0.3) is 0 Å². The molecule has 1 saturated carbocycles. The molecule has 0 aromatic carbocycles. The van der Waals surface area contributed by atoms with Gasteiger partial charge in [0, 0.05) is 26.6 Å². The maximum Gasteiger partial charge on any atom is 0.0987 e. The summed E-state index contributed by atoms with van der Waals surface area (Å²) in [5.41, 5.74) is 0. The van der Waals surface area contributed by atoms with Gasteiger partial charge >= 0.3 is 0 Å². The standard InChI is InChI=1S/C10H20N2O/c1-12(7-8-13-2)10(11)9-5-3-4-6-9/h9,11H,3-8H2,1-2H3. The molecular formula is C10H20N2O. The molecule has 0 heterocycles. The Balaban J connectivity index is 2.28. The first-order valence-corrected chi connectivity index (χ1v) is 5.04. The van der Waals surface area contributed by atoms with E-state index in [1.807, 2.05) is 11.9 Å². The molecule has 1 aliphatic rings. The summed E-state index contributed by atoms with van der Waals surface area (Å²) < 4.78 is 4.99. The van der Waals surface area contributed by atoms with Crippen molar-refractivity contribution in [1.82, 2.24) is 4.90 Å². The number of likely N-dealkylation sites (N-methyl/N-ethyl adjacent to an activating group) is 1. The first kappa shape index (κ1) is 10.5. The molecule has 3 nitrogen and oxygen atoms in total. The normalized spacial score (nSPS) is 17.7. The predicted molar refractivity (Wildman–Crippen MR) is 54.2 cm³/mol. The molecule has 0 unspecified atom stereocenters. The number of amidine groups is 1. The third-order valence-electron chi connectivity index (χ3n) is 2.78. The van der Waals surface area contributed by atoms with Gasteiger partial charge in [-0.1, -0.05) is 12.8 Å². The molecule has 0 radical (unpaired) electrons. The Kier molecular flexibility index (Phi) is 4.22. The summed E-state index contributed by atoms with van der Waals surface area (Å²) in [5.74, 6) is 1.32. The van der Waals surface area contributed by atoms with E-state index in [1.165, 1.54) is 25.7 Å². The van der Waals surface area contributed by atoms with Crippen molar-refractivity contribution in [3.63, 3.8) is 0 Å². The molecule has 0 saturated heterocycles. The highest BCUT2D eigenvalue weighted by Crippen LogP contribution is 2.26. The molecule has 0 aliphatic heterocycles. The monoisotopic (exact) mass is 184 g/mol. The lowest BCUT2D eigenvalue weighted by atomic mass is 10.1. The van der Waals surface area contributed by atoms with Crippen LogP contribution >= 0.6 is 0 Å². The number of nitrogens with zero attached hydrogens (tertiary/aromatic N) is 1. The zero-order valence-electron chi connectivity index (χ0n) is 8.68. The van der Waals surface area contributed by atoms with Crippen LogP contribution in [0.3, 0.4) is 0 Å². The van der Waals surface area contributed by atoms with E-state index < -0.39 is 0 Å². The molecule has 0 bridgehead atoms. The minimum atomic E-state index is 0.516. The lowest BCUT2D eigenvalue weighted by Crippen LogP contribution is -2.33. The van der Waals surface area contributed by atoms with E-state index >= 15 is 0 Å². The quantitative estimate of drug-likeness (QED) is 0.533. The van der Waals surface area contributed by atoms with E-state index in [-0.39, 0.29) is 0 Å². The fourth-order valence-corrected chi connectivity index (χ4v) is 1.86. The number of nitrogens with one attached hydrogen (secondary N) is 1. The van der Waals surface area contributed by atoms with Crippen LogP contribution in [0.2, 0.25) is 0 Å². The number of rotatable bonds is 4. The summed E-state index contributed by atoms with van der Waals surface area (Å²) in [4.78, 5) is 2.01. The van der Waals surface area contributed by atoms with Gasteiger partial charge in [-0.05, 0) is 12.8 Å². The summed E-state index contributed by atoms with van der Waals surface area (Å²) in [6.07, 6.45) is 5.00. The molecule has 1 fully saturated rings. The Hall–Kier alpha value is -0.570. The van der Waals surface area contributed by atoms with Gasteiger partial charge in [0.05, 0.1) is 12.4 Å². The second-order valence-corrected chi connectivity index (χ2v) is 3.78. The molecular weight excluding hydrogens is 164 g/mol. The fraction of sp³-hybridized carbons (Fsp3) is 0.900. The Morgan fingerprint density at radius 2 is 2.08 bits per heavy atom. The van der Waals surface area contributed by atoms with E-state index in [0.717, 1.165) is 12.4 Å². The highest BCUT2D eigenvalue weighted by molar-refractivity contribution is 5.81. The highest BCUT2D eigenvalue weighted by Gasteiger charge is 2.21. The molecule has 1 aliphatic carbocycles. The Morgan fingerprint density at radius 3 is 2.62 bits per heavy atom. The van der Waals surface area contributed by atoms with Crippen LogP contribution in [0, 0.1) is 11.3 Å². The average Bonchev–Trinajstić information content (AvgIpc) is 2.65. The largest absolute Gasteiger partial charge is 0.383 e. The predicted octanol–water partition coefficient (Wildman–Crippen LogP) is 1.73. The van der Waals surface area contributed by atoms with Crippen molar-refractivity contribution in [1.29, 1.82) is 5.41 Å². The van der Waals surface area contributed by atoms with Gasteiger partial charge in [-0.2, -0.15) is 0 Å². The number of hydrogen-bond acceptors (Lipinski definition) is 2. The number of hydrogen-bond donors (Lipinski definition) is 1. The lowest BCUT2D eigenvalue weighted by molar-refractivity contribution is 0.181. The van der Waals surface area contributed by atoms with E-state index in [9.17, 15) is 0 Å². The Labute approximate surface area is 80.6 Å². The van der Waals surface area contributed by atoms with E-state index in [0.29, 0.717) is 12.5 Å². The zero-order valence-corrected chi connectivity index (χ0v) is 8.68. The molecule has 13 heavy (non-hydrogen) atoms. The molecule has 0 amide bonds. The second-order valence-electron chi connectivity index (χ2n) is 3.78. The van der Waals surface area contributed by atoms with Crippen molar-refractivity contribution in [2.75, 3.05) is 27.3 Å². The smallest absolute Gasteiger partial charge is 0.0987 e. The highest BCUT2D eigenvalue weighted by atomic mass is 16.5. The van der Waals surface area contributed by atoms with Gasteiger partial charge < -0.3 is 9.64 Å². The van der Waals surface area contributed by atoms with E-state index in [4.69, 9.17) is 10.1 Å². The molecule has 0 atom stereocenters. The summed E-state index contributed by atoms with van der Waals surface area (Å²) in [6, 6.07) is 0. The summed E-state index contributed by atoms with van der Waals surface area (Å²) in [7, 11) is 3.69. The SMILES string of the molecule is COCCN(C)C(=N)C1CCCC1. The van der Waals surface area contributed by atoms with E-state index in [2.05, 4.69) is 0 Å². The van der Waals surface area contributed by atoms with Gasteiger partial charge in [0.1, 0.15) is 0 Å². The van der Waals surface area contributed by atoms with Crippen LogP contribution in [0.15, 0.2) is 0 Å². The van der Waals surface area contributed by atoms with Crippen molar-refractivity contribution in [3.05, 3.63) is 0 Å². The van der Waals surface area contributed by atoms with Crippen LogP contribution in [0.4, 0.5) is 0 Å². The molecule has 3 heteroatoms. The minimum absolute atomic E-state index is 0.516. The van der Waals surface area contributed by atoms with Crippen LogP contribution in [-0.2, 0) is 4.74 Å². The fourth-order valence-electron chi connectivity index (χ4n) is 1.86. The maximum atomic E-state index is 7.94. The van der Waals surface area contributed by atoms with Crippen LogP contribution in [0.5, 0.6) is 0 Å². The molecule has 0 spiro atoms. The minimum Gasteiger partial charge on any atom is -0.383 e. The second kappa shape index (κ2) is 5.22. The van der Waals surface area contributed by atoms with Gasteiger partial charge in [0.25, 0.3) is 0 Å². The summed E-state index contributed by atoms with van der Waals surface area (Å²) in [5, 5.41) is 7.94. The Morgan fingerprint density at radius 1 is 1.46 bits per heavy atom. The molecule has 1 N–H and O–H groups in total. The van der Waals surface area contributed by atoms with Crippen molar-refractivity contribution < 1.29 is 4.74 Å². The van der Waals surface area contributed by atoms with Gasteiger partial charge in [0.15, 0.2) is 0 Å². The van der Waals surface area contributed by atoms with Crippen molar-refractivity contribution in [2.24, 2.45) is 5.92 Å². The van der Waals surface area contributed by atoms with Crippen molar-refractivity contribution >= 4 is 5.84 Å². The lowest BCUT2D eigenvalue weighted by Gasteiger charge is -2.23. The Bertz CT molecular complexity index is 164. The van der Waals surface area contributed by atoms with Crippen LogP contribution in [0.1, 0.15) is 25.7 Å². The third-order valence-corrected chi connectivity index (χ3v) is 2.78. The third kappa shape index (κ3) is 2.99. The molecule has 0 aromatic rings. The first-order valence-electron chi connectivity index (χ1n) is 5.04. The maximum absolute atomic E-state index is 7.94. The first-order chi connectivity index (χ1) is 6.25. The van der Waals surface area contributed by atoms with Crippen LogP contribution in [-0.4, -0.2) is 38.0 Å². The van der Waals surface area contributed by atoms with Gasteiger partial charge in [0.2, 0.25) is 0 Å². The van der Waals surface area contributed by atoms with Gasteiger partial charge in [-0.3, -0.25) is 5.41 Å². The number of methoxy groups -OCH3 is 1. The molecule has 1 rings (SSSR count). The van der Waals surface area contributed by atoms with E-state index in [1.54, 1.807) is 7.11 Å². The van der Waals surface area contributed by atoms with Gasteiger partial charge in [-0.15, -0.1) is 0 Å². The summed E-state index contributed by atoms with van der Waals surface area (Å²) in [6.45, 7) is 1.55. The van der Waals surface area contributed by atoms with Gasteiger partial charge in [-0.25, -0.2) is 0 Å². The average molecular weight is 184 g/mol. The number of ether oxygens (including phenoxy) is 1. The van der Waals surface area contributed by atoms with Crippen molar-refractivity contribution in [2.45, 2.75) is 25.7 Å². The summed E-state index contributed by atoms with van der Waals surface area (Å²) >= 11 is 0. The zero-order chi connectivity index (χ0) is 9.68. The van der Waals surface area contributed by atoms with Crippen LogP contribution < -0.4 is 0 Å². The topological polar surface area (TPSA) is 36.3 Å². The molecule has 0 aromatic heterocycles. The van der Waals surface area contributed by atoms with Crippen molar-refractivity contribution in [3.8, 4) is 0 Å².